The van der Waals surface area contributed by atoms with E-state index in [1.165, 1.54) is 45.2 Å². The Morgan fingerprint density at radius 1 is 0.571 bits per heavy atom. The summed E-state index contributed by atoms with van der Waals surface area (Å²) < 4.78 is 0. The summed E-state index contributed by atoms with van der Waals surface area (Å²) in [6, 6.07) is 24.8. The van der Waals surface area contributed by atoms with Gasteiger partial charge in [-0.15, -0.1) is 0 Å². The van der Waals surface area contributed by atoms with Crippen molar-refractivity contribution in [2.24, 2.45) is 0 Å². The largest absolute Gasteiger partial charge is 0.0616 e. The highest BCUT2D eigenvalue weighted by Gasteiger charge is 2.25. The first kappa shape index (κ1) is 11.3. The molecule has 1 aliphatic rings. The molecule has 0 atom stereocenters. The van der Waals surface area contributed by atoms with Crippen molar-refractivity contribution < 1.29 is 0 Å². The molecule has 0 saturated heterocycles. The summed E-state index contributed by atoms with van der Waals surface area (Å²) in [6.45, 7) is 0. The molecule has 4 aromatic rings. The van der Waals surface area contributed by atoms with Crippen molar-refractivity contribution in [1.82, 2.24) is 0 Å². The van der Waals surface area contributed by atoms with E-state index in [4.69, 9.17) is 0 Å². The van der Waals surface area contributed by atoms with Crippen molar-refractivity contribution in [2.75, 3.05) is 0 Å². The topological polar surface area (TPSA) is 0 Å². The van der Waals surface area contributed by atoms with Gasteiger partial charge in [0.25, 0.3) is 0 Å². The van der Waals surface area contributed by atoms with Crippen molar-refractivity contribution in [3.05, 3.63) is 72.3 Å². The molecule has 0 radical (unpaired) electrons. The van der Waals surface area contributed by atoms with Crippen LogP contribution in [-0.4, -0.2) is 0 Å². The quantitative estimate of drug-likeness (QED) is 0.370. The molecular weight excluding hydrogens is 252 g/mol. The lowest BCUT2D eigenvalue weighted by Gasteiger charge is -2.09. The Kier molecular flexibility index (Phi) is 2.20. The Balaban J connectivity index is 1.90. The van der Waals surface area contributed by atoms with E-state index in [9.17, 15) is 0 Å². The zero-order valence-corrected chi connectivity index (χ0v) is 11.8. The highest BCUT2D eigenvalue weighted by molar-refractivity contribution is 6.05. The van der Waals surface area contributed by atoms with E-state index in [0.29, 0.717) is 0 Å². The minimum absolute atomic E-state index is 0.798. The van der Waals surface area contributed by atoms with Gasteiger partial charge in [-0.1, -0.05) is 42.5 Å². The van der Waals surface area contributed by atoms with E-state index in [2.05, 4.69) is 66.7 Å². The normalized spacial score (nSPS) is 15.0. The first-order valence-corrected chi connectivity index (χ1v) is 7.74. The molecule has 0 bridgehead atoms. The molecular formula is C21H16. The molecule has 100 valence electrons. The molecule has 0 N–H and O–H groups in total. The minimum atomic E-state index is 0.798. The highest BCUT2D eigenvalue weighted by atomic mass is 14.3. The Labute approximate surface area is 124 Å². The maximum atomic E-state index is 2.39. The third-order valence-electron chi connectivity index (χ3n) is 4.75. The second-order valence-corrected chi connectivity index (χ2v) is 6.24. The van der Waals surface area contributed by atoms with Crippen LogP contribution in [0.15, 0.2) is 66.7 Å². The van der Waals surface area contributed by atoms with Gasteiger partial charge in [0.1, 0.15) is 0 Å². The zero-order chi connectivity index (χ0) is 13.8. The molecule has 4 aromatic carbocycles. The summed E-state index contributed by atoms with van der Waals surface area (Å²) in [4.78, 5) is 0. The van der Waals surface area contributed by atoms with Crippen LogP contribution in [0.2, 0.25) is 0 Å². The fraction of sp³-hybridized carbons (Fsp3) is 0.143. The lowest BCUT2D eigenvalue weighted by atomic mass is 9.96. The molecule has 1 saturated carbocycles. The highest BCUT2D eigenvalue weighted by Crippen LogP contribution is 2.43. The molecule has 0 heteroatoms. The van der Waals surface area contributed by atoms with Crippen molar-refractivity contribution in [3.63, 3.8) is 0 Å². The van der Waals surface area contributed by atoms with Gasteiger partial charge in [-0.2, -0.15) is 0 Å². The van der Waals surface area contributed by atoms with Crippen molar-refractivity contribution >= 4 is 32.3 Å². The van der Waals surface area contributed by atoms with Gasteiger partial charge in [-0.25, -0.2) is 0 Å². The lowest BCUT2D eigenvalue weighted by Crippen LogP contribution is -1.84. The molecule has 21 heavy (non-hydrogen) atoms. The van der Waals surface area contributed by atoms with Crippen LogP contribution in [0.3, 0.4) is 0 Å². The molecule has 1 fully saturated rings. The number of hydrogen-bond donors (Lipinski definition) is 0. The minimum Gasteiger partial charge on any atom is -0.0616 e. The number of hydrogen-bond acceptors (Lipinski definition) is 0. The number of rotatable bonds is 1. The van der Waals surface area contributed by atoms with Crippen LogP contribution in [0.25, 0.3) is 32.3 Å². The van der Waals surface area contributed by atoms with E-state index in [0.717, 1.165) is 5.92 Å². The van der Waals surface area contributed by atoms with E-state index in [1.807, 2.05) is 0 Å². The van der Waals surface area contributed by atoms with E-state index in [1.54, 1.807) is 5.56 Å². The number of benzene rings is 4. The molecule has 0 nitrogen and oxygen atoms in total. The summed E-state index contributed by atoms with van der Waals surface area (Å²) in [5.74, 6) is 0.798. The standard InChI is InChI=1S/C21H16/c1-2-5-16-11-19-13-21-17(12-18(19)10-15(16)4-1)6-3-7-20(21)14-8-9-14/h1-7,10-14H,8-9H2. The smallest absolute Gasteiger partial charge is 0.0143 e. The van der Waals surface area contributed by atoms with E-state index < -0.39 is 0 Å². The maximum absolute atomic E-state index is 2.39. The molecule has 0 unspecified atom stereocenters. The monoisotopic (exact) mass is 268 g/mol. The van der Waals surface area contributed by atoms with E-state index >= 15 is 0 Å². The van der Waals surface area contributed by atoms with Gasteiger partial charge < -0.3 is 0 Å². The zero-order valence-electron chi connectivity index (χ0n) is 11.8. The van der Waals surface area contributed by atoms with E-state index in [-0.39, 0.29) is 0 Å². The van der Waals surface area contributed by atoms with Crippen LogP contribution in [0.4, 0.5) is 0 Å². The van der Waals surface area contributed by atoms with Crippen LogP contribution in [0.1, 0.15) is 24.3 Å². The lowest BCUT2D eigenvalue weighted by molar-refractivity contribution is 1.15. The SMILES string of the molecule is c1ccc2cc3cc4c(C5CC5)cccc4cc3cc2c1. The number of fused-ring (bicyclic) bond motifs is 3. The van der Waals surface area contributed by atoms with Gasteiger partial charge >= 0.3 is 0 Å². The summed E-state index contributed by atoms with van der Waals surface area (Å²) in [5, 5.41) is 8.17. The molecule has 0 amide bonds. The molecule has 0 spiro atoms. The molecule has 0 aliphatic heterocycles. The Hall–Kier alpha value is -2.34. The van der Waals surface area contributed by atoms with Crippen LogP contribution < -0.4 is 0 Å². The second-order valence-electron chi connectivity index (χ2n) is 6.24. The summed E-state index contributed by atoms with van der Waals surface area (Å²) >= 11 is 0. The summed E-state index contributed by atoms with van der Waals surface area (Å²) in [6.07, 6.45) is 2.71. The van der Waals surface area contributed by atoms with Crippen LogP contribution in [0.5, 0.6) is 0 Å². The fourth-order valence-electron chi connectivity index (χ4n) is 3.49. The van der Waals surface area contributed by atoms with Crippen molar-refractivity contribution in [2.45, 2.75) is 18.8 Å². The Morgan fingerprint density at radius 3 is 1.90 bits per heavy atom. The van der Waals surface area contributed by atoms with Crippen molar-refractivity contribution in [1.29, 1.82) is 0 Å². The fourth-order valence-corrected chi connectivity index (χ4v) is 3.49. The Morgan fingerprint density at radius 2 is 1.19 bits per heavy atom. The average Bonchev–Trinajstić information content (AvgIpc) is 3.35. The van der Waals surface area contributed by atoms with Gasteiger partial charge in [0.15, 0.2) is 0 Å². The Bertz CT molecular complexity index is 991. The summed E-state index contributed by atoms with van der Waals surface area (Å²) in [5.41, 5.74) is 1.54. The van der Waals surface area contributed by atoms with Crippen LogP contribution >= 0.6 is 0 Å². The predicted octanol–water partition coefficient (Wildman–Crippen LogP) is 6.02. The third kappa shape index (κ3) is 1.76. The first-order valence-electron chi connectivity index (χ1n) is 7.74. The maximum Gasteiger partial charge on any atom is -0.0143 e. The second kappa shape index (κ2) is 4.08. The molecule has 5 rings (SSSR count). The molecule has 0 aromatic heterocycles. The first-order chi connectivity index (χ1) is 10.4. The van der Waals surface area contributed by atoms with Gasteiger partial charge in [-0.05, 0) is 80.9 Å². The van der Waals surface area contributed by atoms with Gasteiger partial charge in [0.05, 0.1) is 0 Å². The third-order valence-corrected chi connectivity index (χ3v) is 4.75. The van der Waals surface area contributed by atoms with Crippen LogP contribution in [0, 0.1) is 0 Å². The van der Waals surface area contributed by atoms with Crippen LogP contribution in [-0.2, 0) is 0 Å². The van der Waals surface area contributed by atoms with Gasteiger partial charge in [-0.3, -0.25) is 0 Å². The average molecular weight is 268 g/mol. The van der Waals surface area contributed by atoms with Gasteiger partial charge in [0, 0.05) is 0 Å². The van der Waals surface area contributed by atoms with Crippen molar-refractivity contribution in [3.8, 4) is 0 Å². The predicted molar refractivity (Wildman–Crippen MR) is 90.9 cm³/mol. The van der Waals surface area contributed by atoms with Gasteiger partial charge in [0.2, 0.25) is 0 Å². The molecule has 1 aliphatic carbocycles. The summed E-state index contributed by atoms with van der Waals surface area (Å²) in [7, 11) is 0. The molecule has 0 heterocycles.